The van der Waals surface area contributed by atoms with Crippen LogP contribution in [0, 0.1) is 6.42 Å². The van der Waals surface area contributed by atoms with Crippen molar-refractivity contribution in [3.8, 4) is 0 Å². The number of carbonyl (C=O) groups excluding carboxylic acids is 1. The molecule has 2 N–H and O–H groups in total. The average molecular weight is 140 g/mol. The van der Waals surface area contributed by atoms with Crippen LogP contribution in [0.25, 0.3) is 0 Å². The monoisotopic (exact) mass is 140 g/mol. The molecular weight excluding hydrogens is 130 g/mol. The van der Waals surface area contributed by atoms with Gasteiger partial charge in [-0.2, -0.15) is 0 Å². The van der Waals surface area contributed by atoms with Crippen molar-refractivity contribution in [1.29, 1.82) is 0 Å². The first-order valence-electron chi connectivity index (χ1n) is 3.55. The fourth-order valence-electron chi connectivity index (χ4n) is 1.71. The fourth-order valence-corrected chi connectivity index (χ4v) is 1.71. The molecule has 0 saturated carbocycles. The SMILES string of the molecule is NC(=O)[C@@]12[CH]C[C@H](CC1)O2. The van der Waals surface area contributed by atoms with Gasteiger partial charge in [0.05, 0.1) is 6.10 Å². The van der Waals surface area contributed by atoms with E-state index in [-0.39, 0.29) is 12.0 Å². The molecule has 3 heteroatoms. The smallest absolute Gasteiger partial charge is 0.250 e. The molecule has 0 aromatic rings. The second kappa shape index (κ2) is 1.72. The van der Waals surface area contributed by atoms with Gasteiger partial charge in [-0.25, -0.2) is 0 Å². The Hall–Kier alpha value is -0.570. The number of rotatable bonds is 1. The van der Waals surface area contributed by atoms with Gasteiger partial charge < -0.3 is 10.5 Å². The van der Waals surface area contributed by atoms with Crippen LogP contribution in [0.15, 0.2) is 0 Å². The lowest BCUT2D eigenvalue weighted by molar-refractivity contribution is -0.133. The first-order valence-corrected chi connectivity index (χ1v) is 3.55. The zero-order chi connectivity index (χ0) is 7.19. The Balaban J connectivity index is 2.23. The second-order valence-corrected chi connectivity index (χ2v) is 2.97. The summed E-state index contributed by atoms with van der Waals surface area (Å²) in [5, 5.41) is 0. The van der Waals surface area contributed by atoms with Gasteiger partial charge in [-0.1, -0.05) is 0 Å². The molecule has 0 unspecified atom stereocenters. The van der Waals surface area contributed by atoms with Gasteiger partial charge >= 0.3 is 0 Å². The maximum Gasteiger partial charge on any atom is 0.250 e. The predicted octanol–water partition coefficient (Wildman–Crippen LogP) is -0.00251. The highest BCUT2D eigenvalue weighted by Gasteiger charge is 2.50. The number of carbonyl (C=O) groups is 1. The summed E-state index contributed by atoms with van der Waals surface area (Å²) in [5.74, 6) is -0.326. The van der Waals surface area contributed by atoms with E-state index >= 15 is 0 Å². The number of amides is 1. The van der Waals surface area contributed by atoms with E-state index in [0.29, 0.717) is 0 Å². The van der Waals surface area contributed by atoms with Crippen molar-refractivity contribution in [2.24, 2.45) is 5.73 Å². The highest BCUT2D eigenvalue weighted by molar-refractivity contribution is 5.86. The average Bonchev–Trinajstić information content (AvgIpc) is 2.45. The maximum atomic E-state index is 10.8. The molecule has 1 amide bonds. The highest BCUT2D eigenvalue weighted by Crippen LogP contribution is 2.42. The third-order valence-electron chi connectivity index (χ3n) is 2.34. The molecule has 3 nitrogen and oxygen atoms in total. The van der Waals surface area contributed by atoms with E-state index in [9.17, 15) is 4.79 Å². The molecule has 2 heterocycles. The molecular formula is C7H10NO2. The standard InChI is InChI=1S/C7H10NO2/c8-6(9)7-3-1-5(10-7)2-4-7/h3,5H,1-2,4H2,(H2,8,9)/t5-,7-/m1/s1. The van der Waals surface area contributed by atoms with Crippen LogP contribution in [0.2, 0.25) is 0 Å². The van der Waals surface area contributed by atoms with E-state index in [2.05, 4.69) is 0 Å². The minimum Gasteiger partial charge on any atom is -0.367 e. The van der Waals surface area contributed by atoms with Crippen molar-refractivity contribution >= 4 is 5.91 Å². The Morgan fingerprint density at radius 1 is 1.80 bits per heavy atom. The Morgan fingerprint density at radius 2 is 2.60 bits per heavy atom. The molecule has 2 aliphatic rings. The summed E-state index contributed by atoms with van der Waals surface area (Å²) in [5.41, 5.74) is 4.50. The van der Waals surface area contributed by atoms with Crippen molar-refractivity contribution in [2.75, 3.05) is 0 Å². The van der Waals surface area contributed by atoms with Gasteiger partial charge in [-0.05, 0) is 19.3 Å². The number of hydrogen-bond donors (Lipinski definition) is 1. The molecule has 0 spiro atoms. The molecule has 2 saturated heterocycles. The Kier molecular flexibility index (Phi) is 1.06. The molecule has 1 radical (unpaired) electrons. The van der Waals surface area contributed by atoms with E-state index in [4.69, 9.17) is 10.5 Å². The molecule has 2 atom stereocenters. The first-order chi connectivity index (χ1) is 4.73. The summed E-state index contributed by atoms with van der Waals surface area (Å²) in [7, 11) is 0. The Bertz CT molecular complexity index is 170. The maximum absolute atomic E-state index is 10.8. The van der Waals surface area contributed by atoms with Gasteiger partial charge in [-0.3, -0.25) is 4.79 Å². The molecule has 10 heavy (non-hydrogen) atoms. The van der Waals surface area contributed by atoms with Crippen LogP contribution in [0.3, 0.4) is 0 Å². The quantitative estimate of drug-likeness (QED) is 0.557. The zero-order valence-electron chi connectivity index (χ0n) is 5.67. The van der Waals surface area contributed by atoms with E-state index in [1.807, 2.05) is 6.42 Å². The summed E-state index contributed by atoms with van der Waals surface area (Å²) in [4.78, 5) is 10.8. The minimum absolute atomic E-state index is 0.271. The van der Waals surface area contributed by atoms with E-state index in [1.54, 1.807) is 0 Å². The highest BCUT2D eigenvalue weighted by atomic mass is 16.5. The number of hydrogen-bond acceptors (Lipinski definition) is 2. The number of fused-ring (bicyclic) bond motifs is 2. The molecule has 0 aromatic heterocycles. The van der Waals surface area contributed by atoms with E-state index in [1.165, 1.54) is 0 Å². The van der Waals surface area contributed by atoms with Gasteiger partial charge in [0.2, 0.25) is 5.91 Å². The number of ether oxygens (including phenoxy) is 1. The van der Waals surface area contributed by atoms with Crippen LogP contribution < -0.4 is 5.73 Å². The summed E-state index contributed by atoms with van der Waals surface area (Å²) < 4.78 is 5.39. The van der Waals surface area contributed by atoms with Gasteiger partial charge in [0.15, 0.2) is 0 Å². The summed E-state index contributed by atoms with van der Waals surface area (Å²) in [6.45, 7) is 0. The molecule has 2 rings (SSSR count). The van der Waals surface area contributed by atoms with E-state index in [0.717, 1.165) is 19.3 Å². The molecule has 2 aliphatic heterocycles. The number of nitrogens with two attached hydrogens (primary N) is 1. The Morgan fingerprint density at radius 3 is 2.80 bits per heavy atom. The summed E-state index contributed by atoms with van der Waals surface area (Å²) >= 11 is 0. The first kappa shape index (κ1) is 6.16. The fraction of sp³-hybridized carbons (Fsp3) is 0.714. The summed E-state index contributed by atoms with van der Waals surface area (Å²) in [6, 6.07) is 0. The van der Waals surface area contributed by atoms with Gasteiger partial charge in [0, 0.05) is 6.42 Å². The summed E-state index contributed by atoms with van der Waals surface area (Å²) in [6.07, 6.45) is 4.84. The van der Waals surface area contributed by atoms with E-state index < -0.39 is 5.60 Å². The lowest BCUT2D eigenvalue weighted by Crippen LogP contribution is -2.41. The third kappa shape index (κ3) is 0.611. The molecule has 0 aliphatic carbocycles. The van der Waals surface area contributed by atoms with Crippen LogP contribution >= 0.6 is 0 Å². The zero-order valence-corrected chi connectivity index (χ0v) is 5.67. The molecule has 55 valence electrons. The van der Waals surface area contributed by atoms with Crippen molar-refractivity contribution in [2.45, 2.75) is 31.0 Å². The molecule has 2 bridgehead atoms. The topological polar surface area (TPSA) is 52.3 Å². The van der Waals surface area contributed by atoms with Crippen LogP contribution in [-0.2, 0) is 9.53 Å². The lowest BCUT2D eigenvalue weighted by Gasteiger charge is -2.18. The predicted molar refractivity (Wildman–Crippen MR) is 34.9 cm³/mol. The van der Waals surface area contributed by atoms with Crippen molar-refractivity contribution in [3.05, 3.63) is 6.42 Å². The lowest BCUT2D eigenvalue weighted by atomic mass is 9.88. The van der Waals surface area contributed by atoms with Crippen molar-refractivity contribution < 1.29 is 9.53 Å². The molecule has 2 fully saturated rings. The third-order valence-corrected chi connectivity index (χ3v) is 2.34. The van der Waals surface area contributed by atoms with Gasteiger partial charge in [0.25, 0.3) is 0 Å². The van der Waals surface area contributed by atoms with Crippen LogP contribution in [0.4, 0.5) is 0 Å². The second-order valence-electron chi connectivity index (χ2n) is 2.97. The largest absolute Gasteiger partial charge is 0.367 e. The van der Waals surface area contributed by atoms with Crippen LogP contribution in [0.5, 0.6) is 0 Å². The normalized spacial score (nSPS) is 44.2. The number of primary amides is 1. The Labute approximate surface area is 59.5 Å². The van der Waals surface area contributed by atoms with Crippen LogP contribution in [0.1, 0.15) is 19.3 Å². The molecule has 0 aromatic carbocycles. The van der Waals surface area contributed by atoms with Crippen molar-refractivity contribution in [3.63, 3.8) is 0 Å². The minimum atomic E-state index is -0.676. The van der Waals surface area contributed by atoms with Crippen LogP contribution in [-0.4, -0.2) is 17.6 Å². The van der Waals surface area contributed by atoms with Gasteiger partial charge in [-0.15, -0.1) is 0 Å². The van der Waals surface area contributed by atoms with Gasteiger partial charge in [0.1, 0.15) is 5.60 Å². The van der Waals surface area contributed by atoms with Crippen molar-refractivity contribution in [1.82, 2.24) is 0 Å².